The predicted octanol–water partition coefficient (Wildman–Crippen LogP) is 2.44. The van der Waals surface area contributed by atoms with Crippen LogP contribution in [0.2, 0.25) is 0 Å². The third kappa shape index (κ3) is 2.65. The summed E-state index contributed by atoms with van der Waals surface area (Å²) in [6.07, 6.45) is 0. The van der Waals surface area contributed by atoms with Crippen LogP contribution >= 0.6 is 0 Å². The van der Waals surface area contributed by atoms with Crippen LogP contribution in [0.15, 0.2) is 42.5 Å². The van der Waals surface area contributed by atoms with E-state index in [0.29, 0.717) is 17.7 Å². The summed E-state index contributed by atoms with van der Waals surface area (Å²) in [6, 6.07) is 12.4. The number of aryl methyl sites for hydroxylation is 1. The first-order valence-electron chi connectivity index (χ1n) is 6.40. The van der Waals surface area contributed by atoms with Gasteiger partial charge < -0.3 is 15.7 Å². The third-order valence-corrected chi connectivity index (χ3v) is 3.32. The van der Waals surface area contributed by atoms with Crippen LogP contribution in [-0.2, 0) is 6.54 Å². The Bertz CT molecular complexity index is 638. The average molecular weight is 270 g/mol. The van der Waals surface area contributed by atoms with Gasteiger partial charge in [0.15, 0.2) is 0 Å². The molecule has 4 heteroatoms. The Balaban J connectivity index is 2.34. The van der Waals surface area contributed by atoms with Gasteiger partial charge in [0.25, 0.3) is 5.91 Å². The molecule has 1 amide bonds. The van der Waals surface area contributed by atoms with Crippen molar-refractivity contribution in [1.82, 2.24) is 0 Å². The molecule has 0 spiro atoms. The summed E-state index contributed by atoms with van der Waals surface area (Å²) in [5.74, 6) is 0.0561. The molecule has 0 aliphatic rings. The van der Waals surface area contributed by atoms with Crippen molar-refractivity contribution in [2.45, 2.75) is 13.5 Å². The molecule has 3 N–H and O–H groups in total. The number of nitrogens with two attached hydrogens (primary N) is 1. The molecule has 20 heavy (non-hydrogen) atoms. The Morgan fingerprint density at radius 3 is 2.60 bits per heavy atom. The van der Waals surface area contributed by atoms with Gasteiger partial charge in [-0.2, -0.15) is 0 Å². The molecule has 0 saturated carbocycles. The van der Waals surface area contributed by atoms with Crippen molar-refractivity contribution < 1.29 is 9.90 Å². The Labute approximate surface area is 118 Å². The maximum Gasteiger partial charge on any atom is 0.258 e. The van der Waals surface area contributed by atoms with Crippen LogP contribution in [0.25, 0.3) is 0 Å². The molecule has 0 fully saturated rings. The van der Waals surface area contributed by atoms with Gasteiger partial charge in [-0.25, -0.2) is 0 Å². The molecule has 2 aromatic rings. The number of hydrogen-bond donors (Lipinski definition) is 2. The van der Waals surface area contributed by atoms with Crippen molar-refractivity contribution in [3.05, 3.63) is 59.2 Å². The molecule has 4 nitrogen and oxygen atoms in total. The second-order valence-electron chi connectivity index (χ2n) is 4.70. The van der Waals surface area contributed by atoms with Crippen LogP contribution in [-0.4, -0.2) is 18.1 Å². The first kappa shape index (κ1) is 14.1. The van der Waals surface area contributed by atoms with E-state index in [0.717, 1.165) is 11.3 Å². The third-order valence-electron chi connectivity index (χ3n) is 3.32. The molecule has 0 aliphatic carbocycles. The largest absolute Gasteiger partial charge is 0.508 e. The summed E-state index contributed by atoms with van der Waals surface area (Å²) in [5.41, 5.74) is 8.63. The molecular formula is C16H18N2O2. The normalized spacial score (nSPS) is 10.3. The molecule has 0 aromatic heterocycles. The fraction of sp³-hybridized carbons (Fsp3) is 0.188. The van der Waals surface area contributed by atoms with Gasteiger partial charge in [0.05, 0.1) is 0 Å². The lowest BCUT2D eigenvalue weighted by atomic mass is 10.1. The highest BCUT2D eigenvalue weighted by Gasteiger charge is 2.16. The van der Waals surface area contributed by atoms with E-state index in [1.54, 1.807) is 31.0 Å². The highest BCUT2D eigenvalue weighted by atomic mass is 16.3. The summed E-state index contributed by atoms with van der Waals surface area (Å²) >= 11 is 0. The number of carbonyl (C=O) groups excluding carboxylic acids is 1. The van der Waals surface area contributed by atoms with Gasteiger partial charge in [0.2, 0.25) is 0 Å². The molecule has 2 rings (SSSR count). The number of rotatable bonds is 3. The number of hydrogen-bond acceptors (Lipinski definition) is 3. The minimum absolute atomic E-state index is 0.131. The van der Waals surface area contributed by atoms with Crippen molar-refractivity contribution in [2.24, 2.45) is 5.73 Å². The molecule has 0 bridgehead atoms. The molecule has 0 heterocycles. The minimum atomic E-state index is -0.131. The second-order valence-corrected chi connectivity index (χ2v) is 4.70. The molecule has 0 atom stereocenters. The van der Waals surface area contributed by atoms with Crippen LogP contribution in [0.1, 0.15) is 21.5 Å². The van der Waals surface area contributed by atoms with E-state index in [4.69, 9.17) is 5.73 Å². The second kappa shape index (κ2) is 5.75. The van der Waals surface area contributed by atoms with Gasteiger partial charge in [0.1, 0.15) is 5.75 Å². The Morgan fingerprint density at radius 2 is 1.95 bits per heavy atom. The van der Waals surface area contributed by atoms with Crippen LogP contribution in [0, 0.1) is 6.92 Å². The number of phenols is 1. The minimum Gasteiger partial charge on any atom is -0.508 e. The van der Waals surface area contributed by atoms with E-state index in [1.807, 2.05) is 24.3 Å². The maximum atomic E-state index is 12.5. The Morgan fingerprint density at radius 1 is 1.25 bits per heavy atom. The summed E-state index contributed by atoms with van der Waals surface area (Å²) < 4.78 is 0. The van der Waals surface area contributed by atoms with E-state index in [2.05, 4.69) is 0 Å². The lowest BCUT2D eigenvalue weighted by Crippen LogP contribution is -2.27. The zero-order valence-electron chi connectivity index (χ0n) is 11.6. The molecule has 104 valence electrons. The highest BCUT2D eigenvalue weighted by Crippen LogP contribution is 2.23. The summed E-state index contributed by atoms with van der Waals surface area (Å²) in [6.45, 7) is 2.14. The topological polar surface area (TPSA) is 66.6 Å². The molecule has 0 saturated heterocycles. The number of phenolic OH excluding ortho intramolecular Hbond substituents is 1. The first-order valence-corrected chi connectivity index (χ1v) is 6.40. The van der Waals surface area contributed by atoms with Gasteiger partial charge in [-0.05, 0) is 42.3 Å². The smallest absolute Gasteiger partial charge is 0.258 e. The van der Waals surface area contributed by atoms with E-state index in [1.165, 1.54) is 6.07 Å². The molecule has 0 unspecified atom stereocenters. The van der Waals surface area contributed by atoms with Gasteiger partial charge >= 0.3 is 0 Å². The van der Waals surface area contributed by atoms with Crippen molar-refractivity contribution in [2.75, 3.05) is 11.9 Å². The molecule has 2 aromatic carbocycles. The molecule has 0 radical (unpaired) electrons. The summed E-state index contributed by atoms with van der Waals surface area (Å²) in [4.78, 5) is 14.1. The molecule has 0 aliphatic heterocycles. The van der Waals surface area contributed by atoms with Crippen LogP contribution in [0.4, 0.5) is 5.69 Å². The first-order chi connectivity index (χ1) is 9.54. The number of aromatic hydroxyl groups is 1. The van der Waals surface area contributed by atoms with Crippen molar-refractivity contribution in [3.8, 4) is 5.75 Å². The van der Waals surface area contributed by atoms with Crippen LogP contribution < -0.4 is 10.6 Å². The predicted molar refractivity (Wildman–Crippen MR) is 79.9 cm³/mol. The zero-order valence-corrected chi connectivity index (χ0v) is 11.6. The highest BCUT2D eigenvalue weighted by molar-refractivity contribution is 6.06. The van der Waals surface area contributed by atoms with Crippen LogP contribution in [0.5, 0.6) is 5.75 Å². The number of nitrogens with zero attached hydrogens (tertiary/aromatic N) is 1. The SMILES string of the molecule is Cc1cc(C(=O)N(C)c2ccccc2CN)ccc1O. The lowest BCUT2D eigenvalue weighted by molar-refractivity contribution is 0.0992. The number of para-hydroxylation sites is 1. The van der Waals surface area contributed by atoms with Crippen molar-refractivity contribution in [1.29, 1.82) is 0 Å². The summed E-state index contributed by atoms with van der Waals surface area (Å²) in [7, 11) is 1.72. The fourth-order valence-corrected chi connectivity index (χ4v) is 2.10. The average Bonchev–Trinajstić information content (AvgIpc) is 2.48. The maximum absolute atomic E-state index is 12.5. The van der Waals surface area contributed by atoms with Crippen LogP contribution in [0.3, 0.4) is 0 Å². The van der Waals surface area contributed by atoms with Gasteiger partial charge in [0, 0.05) is 24.8 Å². The van der Waals surface area contributed by atoms with E-state index in [-0.39, 0.29) is 11.7 Å². The summed E-state index contributed by atoms with van der Waals surface area (Å²) in [5, 5.41) is 9.52. The monoisotopic (exact) mass is 270 g/mol. The lowest BCUT2D eigenvalue weighted by Gasteiger charge is -2.20. The van der Waals surface area contributed by atoms with E-state index >= 15 is 0 Å². The Kier molecular flexibility index (Phi) is 4.05. The van der Waals surface area contributed by atoms with E-state index < -0.39 is 0 Å². The standard InChI is InChI=1S/C16H18N2O2/c1-11-9-12(7-8-15(11)19)16(20)18(2)14-6-4-3-5-13(14)10-17/h3-9,19H,10,17H2,1-2H3. The van der Waals surface area contributed by atoms with Gasteiger partial charge in [-0.15, -0.1) is 0 Å². The zero-order chi connectivity index (χ0) is 14.7. The number of anilines is 1. The van der Waals surface area contributed by atoms with Gasteiger partial charge in [-0.1, -0.05) is 18.2 Å². The van der Waals surface area contributed by atoms with Crippen molar-refractivity contribution >= 4 is 11.6 Å². The number of benzene rings is 2. The van der Waals surface area contributed by atoms with E-state index in [9.17, 15) is 9.90 Å². The Hall–Kier alpha value is -2.33. The number of amides is 1. The fourth-order valence-electron chi connectivity index (χ4n) is 2.10. The van der Waals surface area contributed by atoms with Crippen molar-refractivity contribution in [3.63, 3.8) is 0 Å². The molecular weight excluding hydrogens is 252 g/mol. The van der Waals surface area contributed by atoms with Gasteiger partial charge in [-0.3, -0.25) is 4.79 Å². The quantitative estimate of drug-likeness (QED) is 0.900. The number of carbonyl (C=O) groups is 1.